The molecular weight excluding hydrogens is 489 g/mol. The van der Waals surface area contributed by atoms with Crippen molar-refractivity contribution < 1.29 is 27.2 Å². The smallest absolute Gasteiger partial charge is 0.417 e. The molecule has 2 aliphatic rings. The number of amides is 2. The zero-order chi connectivity index (χ0) is 26.4. The van der Waals surface area contributed by atoms with E-state index in [1.54, 1.807) is 17.0 Å². The Labute approximate surface area is 213 Å². The Hall–Kier alpha value is -3.31. The highest BCUT2D eigenvalue weighted by atomic mass is 19.4. The highest BCUT2D eigenvalue weighted by Crippen LogP contribution is 2.35. The van der Waals surface area contributed by atoms with Crippen LogP contribution in [0.5, 0.6) is 0 Å². The van der Waals surface area contributed by atoms with Gasteiger partial charge in [-0.1, -0.05) is 6.92 Å². The number of oxazole rings is 1. The van der Waals surface area contributed by atoms with Crippen molar-refractivity contribution >= 4 is 29.3 Å². The van der Waals surface area contributed by atoms with Gasteiger partial charge in [0.05, 0.1) is 11.9 Å². The fourth-order valence-corrected chi connectivity index (χ4v) is 4.68. The molecule has 2 saturated heterocycles. The van der Waals surface area contributed by atoms with E-state index in [0.29, 0.717) is 37.8 Å². The van der Waals surface area contributed by atoms with Gasteiger partial charge in [-0.15, -0.1) is 0 Å². The van der Waals surface area contributed by atoms with E-state index in [4.69, 9.17) is 4.42 Å². The molecule has 0 atom stereocenters. The molecule has 0 unspecified atom stereocenters. The molecule has 2 N–H and O–H groups in total. The van der Waals surface area contributed by atoms with Crippen molar-refractivity contribution in [3.8, 4) is 0 Å². The highest BCUT2D eigenvalue weighted by molar-refractivity contribution is 6.03. The standard InChI is InChI=1S/C25H33F3N6O3/c1-2-10-29-20(35)15-17-8-13-33(14-9-17)19-7-6-18(16-30-19)31-23(36)21-22(25(26,27)28)32-24(37-21)34-11-4-3-5-12-34/h6-7,16-17H,2-5,8-15H2,1H3,(H,29,35)(H,31,36). The van der Waals surface area contributed by atoms with Crippen LogP contribution in [0.1, 0.15) is 68.1 Å². The number of halogens is 3. The zero-order valence-electron chi connectivity index (χ0n) is 20.9. The average Bonchev–Trinajstić information content (AvgIpc) is 3.36. The van der Waals surface area contributed by atoms with Gasteiger partial charge in [0, 0.05) is 39.1 Å². The molecule has 9 nitrogen and oxygen atoms in total. The molecule has 4 heterocycles. The van der Waals surface area contributed by atoms with Gasteiger partial charge in [0.25, 0.3) is 11.9 Å². The number of piperidine rings is 2. The van der Waals surface area contributed by atoms with Crippen molar-refractivity contribution in [3.05, 3.63) is 29.8 Å². The third-order valence-electron chi connectivity index (χ3n) is 6.71. The molecule has 2 aromatic heterocycles. The Bertz CT molecular complexity index is 1060. The van der Waals surface area contributed by atoms with Gasteiger partial charge in [0.1, 0.15) is 5.82 Å². The van der Waals surface area contributed by atoms with Crippen LogP contribution in [0.4, 0.5) is 30.7 Å². The lowest BCUT2D eigenvalue weighted by Gasteiger charge is -2.32. The summed E-state index contributed by atoms with van der Waals surface area (Å²) in [5.41, 5.74) is -1.08. The van der Waals surface area contributed by atoms with E-state index in [1.807, 2.05) is 6.92 Å². The first-order valence-corrected chi connectivity index (χ1v) is 12.9. The molecule has 0 bridgehead atoms. The average molecular weight is 523 g/mol. The van der Waals surface area contributed by atoms with Crippen molar-refractivity contribution in [2.24, 2.45) is 5.92 Å². The van der Waals surface area contributed by atoms with Crippen molar-refractivity contribution in [2.45, 2.75) is 58.0 Å². The minimum absolute atomic E-state index is 0.0852. The lowest BCUT2D eigenvalue weighted by atomic mass is 9.93. The molecule has 0 aliphatic carbocycles. The van der Waals surface area contributed by atoms with Crippen LogP contribution < -0.4 is 20.4 Å². The monoisotopic (exact) mass is 522 g/mol. The first-order chi connectivity index (χ1) is 17.7. The van der Waals surface area contributed by atoms with Gasteiger partial charge < -0.3 is 24.9 Å². The maximum atomic E-state index is 13.6. The van der Waals surface area contributed by atoms with Crippen molar-refractivity contribution in [1.82, 2.24) is 15.3 Å². The number of pyridine rings is 1. The fraction of sp³-hybridized carbons (Fsp3) is 0.600. The molecule has 2 fully saturated rings. The minimum Gasteiger partial charge on any atom is -0.417 e. The number of nitrogens with zero attached hydrogens (tertiary/aromatic N) is 4. The molecule has 0 radical (unpaired) electrons. The lowest BCUT2D eigenvalue weighted by Crippen LogP contribution is -2.36. The summed E-state index contributed by atoms with van der Waals surface area (Å²) in [6.07, 6.45) is 2.40. The Morgan fingerprint density at radius 1 is 1.08 bits per heavy atom. The Morgan fingerprint density at radius 3 is 2.43 bits per heavy atom. The number of anilines is 3. The first-order valence-electron chi connectivity index (χ1n) is 12.9. The van der Waals surface area contributed by atoms with E-state index in [1.165, 1.54) is 6.20 Å². The number of carbonyl (C=O) groups is 2. The molecule has 4 rings (SSSR count). The second-order valence-corrected chi connectivity index (χ2v) is 9.56. The summed E-state index contributed by atoms with van der Waals surface area (Å²) in [6.45, 7) is 5.27. The van der Waals surface area contributed by atoms with Crippen molar-refractivity contribution in [3.63, 3.8) is 0 Å². The number of alkyl halides is 3. The number of carbonyl (C=O) groups excluding carboxylic acids is 2. The zero-order valence-corrected chi connectivity index (χ0v) is 20.9. The van der Waals surface area contributed by atoms with Crippen LogP contribution in [0.15, 0.2) is 22.7 Å². The topological polar surface area (TPSA) is 104 Å². The highest BCUT2D eigenvalue weighted by Gasteiger charge is 2.42. The van der Waals surface area contributed by atoms with Crippen molar-refractivity contribution in [1.29, 1.82) is 0 Å². The summed E-state index contributed by atoms with van der Waals surface area (Å²) in [5.74, 6) is -0.773. The summed E-state index contributed by atoms with van der Waals surface area (Å²) in [6, 6.07) is 3.13. The molecule has 0 spiro atoms. The molecule has 2 aromatic rings. The molecule has 12 heteroatoms. The number of aromatic nitrogens is 2. The summed E-state index contributed by atoms with van der Waals surface area (Å²) in [7, 11) is 0. The van der Waals surface area contributed by atoms with Gasteiger partial charge in [-0.3, -0.25) is 9.59 Å². The Morgan fingerprint density at radius 2 is 1.81 bits per heavy atom. The second-order valence-electron chi connectivity index (χ2n) is 9.56. The SMILES string of the molecule is CCCNC(=O)CC1CCN(c2ccc(NC(=O)c3oc(N4CCCCC4)nc3C(F)(F)F)cn2)CC1. The summed E-state index contributed by atoms with van der Waals surface area (Å²) < 4.78 is 46.1. The van der Waals surface area contributed by atoms with Crippen LogP contribution in [-0.4, -0.2) is 54.5 Å². The summed E-state index contributed by atoms with van der Waals surface area (Å²) in [4.78, 5) is 36.4. The van der Waals surface area contributed by atoms with E-state index in [-0.39, 0.29) is 17.6 Å². The maximum absolute atomic E-state index is 13.6. The molecule has 2 amide bonds. The molecular formula is C25H33F3N6O3. The largest absolute Gasteiger partial charge is 0.437 e. The van der Waals surface area contributed by atoms with E-state index in [0.717, 1.165) is 51.6 Å². The van der Waals surface area contributed by atoms with Gasteiger partial charge in [-0.05, 0) is 56.6 Å². The number of rotatable bonds is 8. The fourth-order valence-electron chi connectivity index (χ4n) is 4.68. The van der Waals surface area contributed by atoms with Gasteiger partial charge in [0.2, 0.25) is 11.7 Å². The van der Waals surface area contributed by atoms with Crippen LogP contribution in [-0.2, 0) is 11.0 Å². The Kier molecular flexibility index (Phi) is 8.55. The Balaban J connectivity index is 1.36. The van der Waals surface area contributed by atoms with Crippen LogP contribution >= 0.6 is 0 Å². The second kappa shape index (κ2) is 11.8. The predicted molar refractivity (Wildman–Crippen MR) is 133 cm³/mol. The maximum Gasteiger partial charge on any atom is 0.437 e. The van der Waals surface area contributed by atoms with Crippen LogP contribution in [0.3, 0.4) is 0 Å². The molecule has 202 valence electrons. The third-order valence-corrected chi connectivity index (χ3v) is 6.71. The molecule has 0 saturated carbocycles. The van der Waals surface area contributed by atoms with E-state index in [9.17, 15) is 22.8 Å². The number of hydrogen-bond acceptors (Lipinski definition) is 7. The number of hydrogen-bond donors (Lipinski definition) is 2. The van der Waals surface area contributed by atoms with Crippen LogP contribution in [0.25, 0.3) is 0 Å². The van der Waals surface area contributed by atoms with E-state index in [2.05, 4.69) is 25.5 Å². The van der Waals surface area contributed by atoms with E-state index < -0.39 is 23.5 Å². The molecule has 37 heavy (non-hydrogen) atoms. The van der Waals surface area contributed by atoms with Crippen molar-refractivity contribution in [2.75, 3.05) is 47.8 Å². The normalized spacial score (nSPS) is 17.1. The number of nitrogens with one attached hydrogen (secondary N) is 2. The van der Waals surface area contributed by atoms with Gasteiger partial charge in [0.15, 0.2) is 5.69 Å². The van der Waals surface area contributed by atoms with Crippen LogP contribution in [0, 0.1) is 5.92 Å². The first kappa shape index (κ1) is 26.7. The van der Waals surface area contributed by atoms with Gasteiger partial charge in [-0.2, -0.15) is 18.2 Å². The predicted octanol–water partition coefficient (Wildman–Crippen LogP) is 4.46. The van der Waals surface area contributed by atoms with Gasteiger partial charge in [-0.25, -0.2) is 4.98 Å². The molecule has 0 aromatic carbocycles. The van der Waals surface area contributed by atoms with Crippen LogP contribution in [0.2, 0.25) is 0 Å². The molecule has 2 aliphatic heterocycles. The van der Waals surface area contributed by atoms with Gasteiger partial charge >= 0.3 is 6.18 Å². The third kappa shape index (κ3) is 6.92. The summed E-state index contributed by atoms with van der Waals surface area (Å²) >= 11 is 0. The lowest BCUT2D eigenvalue weighted by molar-refractivity contribution is -0.141. The summed E-state index contributed by atoms with van der Waals surface area (Å²) in [5, 5.41) is 5.36. The minimum atomic E-state index is -4.82. The van der Waals surface area contributed by atoms with E-state index >= 15 is 0 Å². The quantitative estimate of drug-likeness (QED) is 0.528.